The maximum absolute atomic E-state index is 11.6. The van der Waals surface area contributed by atoms with Crippen LogP contribution in [0.15, 0.2) is 11.6 Å². The van der Waals surface area contributed by atoms with Crippen LogP contribution < -0.4 is 0 Å². The summed E-state index contributed by atoms with van der Waals surface area (Å²) in [7, 11) is 0. The molecule has 0 heterocycles. The Kier molecular flexibility index (Phi) is 2.27. The zero-order chi connectivity index (χ0) is 9.42. The van der Waals surface area contributed by atoms with E-state index in [2.05, 4.69) is 13.0 Å². The Morgan fingerprint density at radius 1 is 1.54 bits per heavy atom. The molecule has 0 saturated heterocycles. The first-order valence-electron chi connectivity index (χ1n) is 5.44. The van der Waals surface area contributed by atoms with Gasteiger partial charge in [-0.15, -0.1) is 0 Å². The predicted octanol–water partition coefficient (Wildman–Crippen LogP) is 2.96. The van der Waals surface area contributed by atoms with Crippen molar-refractivity contribution in [1.29, 1.82) is 0 Å². The second-order valence-corrected chi connectivity index (χ2v) is 4.44. The molecule has 2 bridgehead atoms. The normalized spacial score (nSPS) is 40.2. The Morgan fingerprint density at radius 2 is 2.31 bits per heavy atom. The van der Waals surface area contributed by atoms with Gasteiger partial charge in [-0.25, -0.2) is 0 Å². The van der Waals surface area contributed by atoms with Crippen LogP contribution in [0.3, 0.4) is 0 Å². The lowest BCUT2D eigenvalue weighted by molar-refractivity contribution is -0.123. The van der Waals surface area contributed by atoms with Crippen LogP contribution >= 0.6 is 0 Å². The van der Waals surface area contributed by atoms with E-state index < -0.39 is 0 Å². The highest BCUT2D eigenvalue weighted by Gasteiger charge is 2.44. The van der Waals surface area contributed by atoms with Gasteiger partial charge in [0.25, 0.3) is 0 Å². The molecule has 1 heteroatoms. The topological polar surface area (TPSA) is 17.1 Å². The monoisotopic (exact) mass is 178 g/mol. The summed E-state index contributed by atoms with van der Waals surface area (Å²) in [6.45, 7) is 4.10. The third-order valence-corrected chi connectivity index (χ3v) is 3.79. The van der Waals surface area contributed by atoms with Crippen LogP contribution in [-0.4, -0.2) is 5.78 Å². The molecule has 0 aromatic rings. The van der Waals surface area contributed by atoms with Crippen LogP contribution in [0.5, 0.6) is 0 Å². The van der Waals surface area contributed by atoms with Crippen molar-refractivity contribution in [2.75, 3.05) is 0 Å². The molecule has 2 aliphatic carbocycles. The third-order valence-electron chi connectivity index (χ3n) is 3.79. The van der Waals surface area contributed by atoms with Crippen LogP contribution in [0.25, 0.3) is 0 Å². The quantitative estimate of drug-likeness (QED) is 0.594. The van der Waals surface area contributed by atoms with Gasteiger partial charge in [0, 0.05) is 12.3 Å². The van der Waals surface area contributed by atoms with E-state index in [9.17, 15) is 4.79 Å². The van der Waals surface area contributed by atoms with Crippen LogP contribution in [0.1, 0.15) is 39.5 Å². The zero-order valence-electron chi connectivity index (χ0n) is 8.55. The second-order valence-electron chi connectivity index (χ2n) is 4.44. The first-order chi connectivity index (χ1) is 6.26. The lowest BCUT2D eigenvalue weighted by atomic mass is 9.81. The standard InChI is InChI=1S/C12H18O/c1-3-9-5-8-6-10(9)11(7-8)12(13)4-2/h3,8,10-11H,4-7H2,1-2H3/b9-3+. The summed E-state index contributed by atoms with van der Waals surface area (Å²) >= 11 is 0. The van der Waals surface area contributed by atoms with Gasteiger partial charge in [0.2, 0.25) is 0 Å². The molecule has 0 aliphatic heterocycles. The van der Waals surface area contributed by atoms with E-state index in [4.69, 9.17) is 0 Å². The highest BCUT2D eigenvalue weighted by atomic mass is 16.1. The van der Waals surface area contributed by atoms with Gasteiger partial charge in [0.05, 0.1) is 0 Å². The SMILES string of the molecule is C/C=C1\CC2CC(C(=O)CC)C1C2. The van der Waals surface area contributed by atoms with Gasteiger partial charge in [0.1, 0.15) is 5.78 Å². The zero-order valence-corrected chi connectivity index (χ0v) is 8.55. The Balaban J connectivity index is 2.14. The van der Waals surface area contributed by atoms with Crippen molar-refractivity contribution in [3.8, 4) is 0 Å². The lowest BCUT2D eigenvalue weighted by Crippen LogP contribution is -2.21. The minimum absolute atomic E-state index is 0.384. The number of hydrogen-bond donors (Lipinski definition) is 0. The average molecular weight is 178 g/mol. The van der Waals surface area contributed by atoms with Crippen LogP contribution in [0.4, 0.5) is 0 Å². The molecule has 0 spiro atoms. The van der Waals surface area contributed by atoms with E-state index in [1.807, 2.05) is 6.92 Å². The van der Waals surface area contributed by atoms with Crippen molar-refractivity contribution in [3.05, 3.63) is 11.6 Å². The molecule has 1 nitrogen and oxygen atoms in total. The number of carbonyl (C=O) groups excluding carboxylic acids is 1. The number of fused-ring (bicyclic) bond motifs is 2. The molecular weight excluding hydrogens is 160 g/mol. The van der Waals surface area contributed by atoms with Crippen molar-refractivity contribution >= 4 is 5.78 Å². The summed E-state index contributed by atoms with van der Waals surface area (Å²) in [5.41, 5.74) is 1.56. The summed E-state index contributed by atoms with van der Waals surface area (Å²) in [5.74, 6) is 2.33. The maximum atomic E-state index is 11.6. The highest BCUT2D eigenvalue weighted by molar-refractivity contribution is 5.82. The molecule has 0 N–H and O–H groups in total. The van der Waals surface area contributed by atoms with Crippen molar-refractivity contribution in [2.24, 2.45) is 17.8 Å². The van der Waals surface area contributed by atoms with Gasteiger partial charge in [0.15, 0.2) is 0 Å². The fourth-order valence-corrected chi connectivity index (χ4v) is 3.15. The molecule has 0 amide bonds. The van der Waals surface area contributed by atoms with Gasteiger partial charge >= 0.3 is 0 Å². The van der Waals surface area contributed by atoms with E-state index in [0.717, 1.165) is 12.3 Å². The molecule has 13 heavy (non-hydrogen) atoms. The molecule has 72 valence electrons. The fraction of sp³-hybridized carbons (Fsp3) is 0.750. The third kappa shape index (κ3) is 1.34. The van der Waals surface area contributed by atoms with Gasteiger partial charge < -0.3 is 0 Å². The lowest BCUT2D eigenvalue weighted by Gasteiger charge is -2.22. The van der Waals surface area contributed by atoms with Crippen molar-refractivity contribution in [3.63, 3.8) is 0 Å². The molecule has 2 rings (SSSR count). The van der Waals surface area contributed by atoms with E-state index >= 15 is 0 Å². The minimum atomic E-state index is 0.384. The first kappa shape index (κ1) is 8.98. The second kappa shape index (κ2) is 3.28. The smallest absolute Gasteiger partial charge is 0.136 e. The number of carbonyl (C=O) groups is 1. The Hall–Kier alpha value is -0.590. The Labute approximate surface area is 80.2 Å². The molecule has 0 aromatic heterocycles. The summed E-state index contributed by atoms with van der Waals surface area (Å²) < 4.78 is 0. The maximum Gasteiger partial charge on any atom is 0.136 e. The number of Topliss-reactive ketones (excluding diaryl/α,β-unsaturated/α-hetero) is 1. The largest absolute Gasteiger partial charge is 0.299 e. The molecule has 3 unspecified atom stereocenters. The Bertz CT molecular complexity index is 252. The van der Waals surface area contributed by atoms with Crippen molar-refractivity contribution in [2.45, 2.75) is 39.5 Å². The fourth-order valence-electron chi connectivity index (χ4n) is 3.15. The van der Waals surface area contributed by atoms with Gasteiger partial charge in [-0.2, -0.15) is 0 Å². The number of rotatable bonds is 2. The molecule has 2 aliphatic rings. The average Bonchev–Trinajstić information content (AvgIpc) is 2.74. The molecule has 2 fully saturated rings. The van der Waals surface area contributed by atoms with Crippen LogP contribution in [0.2, 0.25) is 0 Å². The van der Waals surface area contributed by atoms with Gasteiger partial charge in [-0.05, 0) is 38.0 Å². The summed E-state index contributed by atoms with van der Waals surface area (Å²) in [6, 6.07) is 0. The minimum Gasteiger partial charge on any atom is -0.299 e. The van der Waals surface area contributed by atoms with Crippen molar-refractivity contribution in [1.82, 2.24) is 0 Å². The summed E-state index contributed by atoms with van der Waals surface area (Å²) in [5, 5.41) is 0. The summed E-state index contributed by atoms with van der Waals surface area (Å²) in [6.07, 6.45) is 6.70. The van der Waals surface area contributed by atoms with Crippen LogP contribution in [0, 0.1) is 17.8 Å². The molecular formula is C12H18O. The van der Waals surface area contributed by atoms with E-state index in [1.165, 1.54) is 19.3 Å². The summed E-state index contributed by atoms with van der Waals surface area (Å²) in [4.78, 5) is 11.6. The number of ketones is 1. The molecule has 0 radical (unpaired) electrons. The van der Waals surface area contributed by atoms with Gasteiger partial charge in [-0.3, -0.25) is 4.79 Å². The first-order valence-corrected chi connectivity index (χ1v) is 5.44. The van der Waals surface area contributed by atoms with Gasteiger partial charge in [-0.1, -0.05) is 18.6 Å². The molecule has 0 aromatic carbocycles. The van der Waals surface area contributed by atoms with Crippen LogP contribution in [-0.2, 0) is 4.79 Å². The van der Waals surface area contributed by atoms with E-state index in [1.54, 1.807) is 5.57 Å². The Morgan fingerprint density at radius 3 is 2.85 bits per heavy atom. The number of allylic oxidation sites excluding steroid dienone is 2. The predicted molar refractivity (Wildman–Crippen MR) is 53.4 cm³/mol. The van der Waals surface area contributed by atoms with E-state index in [-0.39, 0.29) is 0 Å². The highest BCUT2D eigenvalue weighted by Crippen LogP contribution is 2.51. The van der Waals surface area contributed by atoms with E-state index in [0.29, 0.717) is 17.6 Å². The van der Waals surface area contributed by atoms with Crippen molar-refractivity contribution < 1.29 is 4.79 Å². The molecule has 3 atom stereocenters. The molecule has 2 saturated carbocycles. The number of hydrogen-bond acceptors (Lipinski definition) is 1.